The Morgan fingerprint density at radius 2 is 1.86 bits per heavy atom. The minimum Gasteiger partial charge on any atom is -0.393 e. The molecule has 0 spiro atoms. The molecule has 0 aliphatic heterocycles. The number of hydrogen-bond donors (Lipinski definition) is 2. The largest absolute Gasteiger partial charge is 0.397 e. The van der Waals surface area contributed by atoms with Crippen molar-refractivity contribution in [2.24, 2.45) is 34.5 Å². The Kier molecular flexibility index (Phi) is 6.57. The molecular weight excluding hydrogens is 387 g/mol. The topological polar surface area (TPSA) is 83.8 Å². The predicted octanol–water partition coefficient (Wildman–Crippen LogP) is 3.75. The van der Waals surface area contributed by atoms with E-state index < -0.39 is 16.5 Å². The van der Waals surface area contributed by atoms with Crippen LogP contribution in [0.2, 0.25) is 0 Å². The molecule has 4 aliphatic rings. The molecule has 0 aromatic rings. The van der Waals surface area contributed by atoms with Gasteiger partial charge in [-0.05, 0) is 92.8 Å². The van der Waals surface area contributed by atoms with Crippen LogP contribution in [-0.2, 0) is 14.6 Å². The summed E-state index contributed by atoms with van der Waals surface area (Å²) < 4.78 is 36.1. The van der Waals surface area contributed by atoms with Crippen molar-refractivity contribution in [3.8, 4) is 0 Å². The van der Waals surface area contributed by atoms with Crippen LogP contribution in [0.5, 0.6) is 0 Å². The molecule has 8 atom stereocenters. The molecule has 0 saturated heterocycles. The molecule has 3 fully saturated rings. The maximum Gasteiger partial charge on any atom is 0.397 e. The van der Waals surface area contributed by atoms with Crippen molar-refractivity contribution >= 4 is 40.0 Å². The smallest absolute Gasteiger partial charge is 0.393 e. The Bertz CT molecular complexity index is 735. The van der Waals surface area contributed by atoms with Crippen molar-refractivity contribution in [2.75, 3.05) is 0 Å². The minimum atomic E-state index is -4.39. The van der Waals surface area contributed by atoms with Crippen molar-refractivity contribution in [3.05, 3.63) is 11.6 Å². The van der Waals surface area contributed by atoms with E-state index in [0.717, 1.165) is 19.3 Å². The fraction of sp³-hybridized carbons (Fsp3) is 0.905. The van der Waals surface area contributed by atoms with Gasteiger partial charge in [-0.2, -0.15) is 8.42 Å². The normalized spacial score (nSPS) is 46.5. The van der Waals surface area contributed by atoms with Crippen molar-refractivity contribution in [2.45, 2.75) is 84.3 Å². The van der Waals surface area contributed by atoms with Gasteiger partial charge in [-0.3, -0.25) is 4.55 Å². The summed E-state index contributed by atoms with van der Waals surface area (Å²) in [5.41, 5.74) is 1.70. The van der Waals surface area contributed by atoms with Crippen molar-refractivity contribution < 1.29 is 22.3 Å². The van der Waals surface area contributed by atoms with Crippen molar-refractivity contribution in [3.63, 3.8) is 0 Å². The van der Waals surface area contributed by atoms with E-state index in [-0.39, 0.29) is 46.5 Å². The van der Waals surface area contributed by atoms with Gasteiger partial charge in [-0.25, -0.2) is 4.18 Å². The zero-order chi connectivity index (χ0) is 19.6. The summed E-state index contributed by atoms with van der Waals surface area (Å²) in [5, 5.41) is 10.3. The summed E-state index contributed by atoms with van der Waals surface area (Å²) in [4.78, 5) is 0. The van der Waals surface area contributed by atoms with Crippen LogP contribution in [0.25, 0.3) is 0 Å². The van der Waals surface area contributed by atoms with Gasteiger partial charge in [-0.15, -0.1) is 0 Å². The van der Waals surface area contributed by atoms with E-state index in [4.69, 9.17) is 8.74 Å². The third-order valence-electron chi connectivity index (χ3n) is 8.97. The van der Waals surface area contributed by atoms with E-state index in [1.54, 1.807) is 0 Å². The molecule has 0 aromatic heterocycles. The van der Waals surface area contributed by atoms with Crippen LogP contribution in [0.15, 0.2) is 11.6 Å². The molecule has 0 heterocycles. The van der Waals surface area contributed by atoms with E-state index in [2.05, 4.69) is 19.9 Å². The zero-order valence-corrected chi connectivity index (χ0v) is 20.5. The number of aliphatic hydroxyl groups is 1. The number of fused-ring (bicyclic) bond motifs is 5. The number of rotatable bonds is 3. The van der Waals surface area contributed by atoms with E-state index in [1.807, 2.05) is 6.92 Å². The molecule has 1 radical (unpaired) electrons. The summed E-state index contributed by atoms with van der Waals surface area (Å²) in [7, 11) is -4.39. The molecule has 1 unspecified atom stereocenters. The summed E-state index contributed by atoms with van der Waals surface area (Å²) in [6.45, 7) is 6.74. The van der Waals surface area contributed by atoms with Gasteiger partial charge in [0.2, 0.25) is 0 Å². The van der Waals surface area contributed by atoms with E-state index in [1.165, 1.54) is 24.8 Å². The molecule has 2 N–H and O–H groups in total. The zero-order valence-electron chi connectivity index (χ0n) is 17.7. The summed E-state index contributed by atoms with van der Waals surface area (Å²) >= 11 is 0. The number of hydrogen-bond acceptors (Lipinski definition) is 4. The predicted molar refractivity (Wildman–Crippen MR) is 109 cm³/mol. The first-order valence-corrected chi connectivity index (χ1v) is 11.9. The summed E-state index contributed by atoms with van der Waals surface area (Å²) in [5.74, 6) is 2.40. The summed E-state index contributed by atoms with van der Waals surface area (Å²) in [6.07, 6.45) is 9.69. The maximum atomic E-state index is 11.1. The Morgan fingerprint density at radius 1 is 1.14 bits per heavy atom. The summed E-state index contributed by atoms with van der Waals surface area (Å²) in [6, 6.07) is 0. The second kappa shape index (κ2) is 7.92. The van der Waals surface area contributed by atoms with E-state index >= 15 is 0 Å². The molecule has 155 valence electrons. The average Bonchev–Trinajstić information content (AvgIpc) is 2.91. The monoisotopic (exact) mass is 421 g/mol. The van der Waals surface area contributed by atoms with Crippen LogP contribution >= 0.6 is 0 Å². The molecule has 5 nitrogen and oxygen atoms in total. The number of aliphatic hydroxyl groups excluding tert-OH is 1. The van der Waals surface area contributed by atoms with Gasteiger partial charge < -0.3 is 5.11 Å². The van der Waals surface area contributed by atoms with Crippen molar-refractivity contribution in [1.82, 2.24) is 0 Å². The molecule has 7 heteroatoms. The minimum absolute atomic E-state index is 0. The second-order valence-electron chi connectivity index (χ2n) is 10.1. The first-order chi connectivity index (χ1) is 12.5. The molecule has 28 heavy (non-hydrogen) atoms. The van der Waals surface area contributed by atoms with Gasteiger partial charge in [-0.1, -0.05) is 25.5 Å². The van der Waals surface area contributed by atoms with Gasteiger partial charge in [0.1, 0.15) is 0 Å². The van der Waals surface area contributed by atoms with Crippen LogP contribution in [0.3, 0.4) is 0 Å². The van der Waals surface area contributed by atoms with Gasteiger partial charge in [0.15, 0.2) is 0 Å². The quantitative estimate of drug-likeness (QED) is 0.412. The second-order valence-corrected chi connectivity index (χ2v) is 11.2. The van der Waals surface area contributed by atoms with Gasteiger partial charge in [0, 0.05) is 29.6 Å². The van der Waals surface area contributed by atoms with Gasteiger partial charge >= 0.3 is 10.4 Å². The molecule has 4 rings (SSSR count). The number of allylic oxidation sites excluding steroid dienone is 1. The Balaban J connectivity index is 0.00000225. The van der Waals surface area contributed by atoms with Crippen LogP contribution in [0.1, 0.15) is 72.1 Å². The molecule has 4 aliphatic carbocycles. The standard InChI is InChI=1S/C21H34O5S.Na/c1-13(22)17-6-7-18-16-5-4-14-12-15(26-27(23,24)25)8-10-20(14,2)19(16)9-11-21(17,18)3;/h4,13,15-19,22H,5-12H2,1-3H3,(H,23,24,25);/t13?,15-,16-,17+,18-,19-,20-,21+;/m0./s1. The fourth-order valence-electron chi connectivity index (χ4n) is 7.71. The first kappa shape index (κ1) is 23.2. The van der Waals surface area contributed by atoms with Gasteiger partial charge in [0.05, 0.1) is 12.2 Å². The third-order valence-corrected chi connectivity index (χ3v) is 9.49. The maximum absolute atomic E-state index is 11.1. The van der Waals surface area contributed by atoms with Crippen molar-refractivity contribution in [1.29, 1.82) is 0 Å². The SMILES string of the molecule is CC(O)[C@H]1CC[C@H]2[C@@H]3CC=C4C[C@@H](OS(=O)(=O)O)CC[C@]4(C)[C@H]3CC[C@]12C.[Na]. The van der Waals surface area contributed by atoms with Crippen LogP contribution in [0, 0.1) is 34.5 Å². The van der Waals surface area contributed by atoms with Gasteiger partial charge in [0.25, 0.3) is 0 Å². The first-order valence-electron chi connectivity index (χ1n) is 10.6. The van der Waals surface area contributed by atoms with E-state index in [9.17, 15) is 13.5 Å². The third kappa shape index (κ3) is 3.80. The molecule has 0 aromatic carbocycles. The Hall–Kier alpha value is 0.570. The average molecular weight is 422 g/mol. The molecule has 3 saturated carbocycles. The fourth-order valence-corrected chi connectivity index (χ4v) is 8.22. The van der Waals surface area contributed by atoms with Crippen LogP contribution in [-0.4, -0.2) is 59.8 Å². The Morgan fingerprint density at radius 3 is 2.50 bits per heavy atom. The molecular formula is C21H34NaO5S. The van der Waals surface area contributed by atoms with Crippen LogP contribution in [0.4, 0.5) is 0 Å². The molecule has 0 bridgehead atoms. The molecule has 0 amide bonds. The Labute approximate surface area is 191 Å². The van der Waals surface area contributed by atoms with Crippen LogP contribution < -0.4 is 0 Å². The van der Waals surface area contributed by atoms with E-state index in [0.29, 0.717) is 36.5 Å².